The van der Waals surface area contributed by atoms with Gasteiger partial charge in [-0.05, 0) is 25.0 Å². The second-order valence-corrected chi connectivity index (χ2v) is 7.95. The van der Waals surface area contributed by atoms with Gasteiger partial charge in [0.1, 0.15) is 6.04 Å². The van der Waals surface area contributed by atoms with E-state index in [2.05, 4.69) is 5.32 Å². The van der Waals surface area contributed by atoms with Crippen molar-refractivity contribution in [1.29, 1.82) is 0 Å². The van der Waals surface area contributed by atoms with Crippen LogP contribution in [0, 0.1) is 0 Å². The average molecular weight is 386 g/mol. The van der Waals surface area contributed by atoms with Gasteiger partial charge in [-0.15, -0.1) is 11.8 Å². The molecule has 3 rings (SSSR count). The summed E-state index contributed by atoms with van der Waals surface area (Å²) in [6.45, 7) is 0. The van der Waals surface area contributed by atoms with Crippen molar-refractivity contribution in [2.24, 2.45) is 0 Å². The first-order valence-corrected chi connectivity index (χ1v) is 9.80. The fraction of sp³-hybridized carbons (Fsp3) is 0.556. The lowest BCUT2D eigenvalue weighted by Gasteiger charge is -2.32. The number of amides is 2. The first-order chi connectivity index (χ1) is 12.4. The normalized spacial score (nSPS) is 21.7. The van der Waals surface area contributed by atoms with E-state index >= 15 is 0 Å². The summed E-state index contributed by atoms with van der Waals surface area (Å²) in [4.78, 5) is 25.5. The van der Waals surface area contributed by atoms with Gasteiger partial charge in [0.05, 0.1) is 23.5 Å². The number of fused-ring (bicyclic) bond motifs is 1. The molecule has 0 radical (unpaired) electrons. The van der Waals surface area contributed by atoms with E-state index in [0.717, 1.165) is 30.6 Å². The fourth-order valence-corrected chi connectivity index (χ4v) is 4.67. The van der Waals surface area contributed by atoms with Crippen molar-refractivity contribution in [3.05, 3.63) is 24.3 Å². The summed E-state index contributed by atoms with van der Waals surface area (Å²) < 4.78 is 40.8. The van der Waals surface area contributed by atoms with Crippen LogP contribution in [0.4, 0.5) is 24.5 Å². The number of rotatable bonds is 3. The minimum atomic E-state index is -4.68. The third kappa shape index (κ3) is 4.34. The number of hydrogen-bond acceptors (Lipinski definition) is 3. The number of carbonyl (C=O) groups is 2. The first-order valence-electron chi connectivity index (χ1n) is 8.75. The minimum absolute atomic E-state index is 0.0141. The molecule has 1 aliphatic heterocycles. The maximum atomic E-state index is 13.6. The number of thioether (sulfide) groups is 1. The first kappa shape index (κ1) is 19.1. The van der Waals surface area contributed by atoms with Gasteiger partial charge in [0, 0.05) is 5.25 Å². The van der Waals surface area contributed by atoms with E-state index in [9.17, 15) is 22.8 Å². The van der Waals surface area contributed by atoms with Crippen molar-refractivity contribution >= 4 is 35.0 Å². The molecule has 26 heavy (non-hydrogen) atoms. The Hall–Kier alpha value is -1.70. The van der Waals surface area contributed by atoms with E-state index in [1.165, 1.54) is 30.3 Å². The van der Waals surface area contributed by atoms with Crippen LogP contribution in [0.25, 0.3) is 0 Å². The predicted octanol–water partition coefficient (Wildman–Crippen LogP) is 4.36. The average Bonchev–Trinajstić information content (AvgIpc) is 2.76. The molecule has 1 aromatic rings. The van der Waals surface area contributed by atoms with E-state index in [1.807, 2.05) is 0 Å². The fourth-order valence-electron chi connectivity index (χ4n) is 3.49. The smallest absolute Gasteiger partial charge is 0.324 e. The number of nitrogens with one attached hydrogen (secondary N) is 1. The molecule has 0 aromatic heterocycles. The Morgan fingerprint density at radius 2 is 1.88 bits per heavy atom. The molecule has 1 N–H and O–H groups in total. The predicted molar refractivity (Wildman–Crippen MR) is 96.3 cm³/mol. The van der Waals surface area contributed by atoms with Gasteiger partial charge >= 0.3 is 6.18 Å². The van der Waals surface area contributed by atoms with Crippen LogP contribution in [0.2, 0.25) is 0 Å². The highest BCUT2D eigenvalue weighted by Crippen LogP contribution is 2.38. The number of nitrogens with zero attached hydrogens (tertiary/aromatic N) is 1. The summed E-state index contributed by atoms with van der Waals surface area (Å²) in [5.74, 6) is -1.36. The highest BCUT2D eigenvalue weighted by Gasteiger charge is 2.48. The molecule has 1 aromatic carbocycles. The summed E-state index contributed by atoms with van der Waals surface area (Å²) in [7, 11) is 0. The van der Waals surface area contributed by atoms with Gasteiger partial charge in [0.25, 0.3) is 0 Å². The highest BCUT2D eigenvalue weighted by atomic mass is 32.2. The number of carbonyl (C=O) groups excluding carboxylic acids is 2. The molecule has 0 saturated heterocycles. The second-order valence-electron chi connectivity index (χ2n) is 6.66. The van der Waals surface area contributed by atoms with Crippen LogP contribution in [-0.4, -0.2) is 35.0 Å². The third-order valence-corrected chi connectivity index (χ3v) is 6.13. The molecule has 0 spiro atoms. The molecular weight excluding hydrogens is 365 g/mol. The molecule has 1 aliphatic carbocycles. The largest absolute Gasteiger partial charge is 0.409 e. The lowest BCUT2D eigenvalue weighted by atomic mass is 10.0. The lowest BCUT2D eigenvalue weighted by molar-refractivity contribution is -0.157. The number of para-hydroxylation sites is 2. The number of alkyl halides is 3. The van der Waals surface area contributed by atoms with Crippen molar-refractivity contribution in [3.8, 4) is 0 Å². The van der Waals surface area contributed by atoms with Crippen molar-refractivity contribution in [1.82, 2.24) is 0 Å². The lowest BCUT2D eigenvalue weighted by Crippen LogP contribution is -2.50. The molecule has 142 valence electrons. The molecule has 0 unspecified atom stereocenters. The third-order valence-electron chi connectivity index (χ3n) is 4.77. The van der Waals surface area contributed by atoms with Gasteiger partial charge < -0.3 is 5.32 Å². The Labute approximate surface area is 154 Å². The van der Waals surface area contributed by atoms with E-state index < -0.39 is 30.5 Å². The zero-order valence-electron chi connectivity index (χ0n) is 14.2. The van der Waals surface area contributed by atoms with E-state index in [0.29, 0.717) is 5.25 Å². The monoisotopic (exact) mass is 386 g/mol. The molecule has 4 nitrogen and oxygen atoms in total. The Morgan fingerprint density at radius 1 is 1.19 bits per heavy atom. The molecule has 1 fully saturated rings. The molecule has 1 atom stereocenters. The Bertz CT molecular complexity index is 675. The van der Waals surface area contributed by atoms with Crippen LogP contribution in [0.5, 0.6) is 0 Å². The molecule has 1 heterocycles. The van der Waals surface area contributed by atoms with Crippen LogP contribution < -0.4 is 10.2 Å². The molecule has 8 heteroatoms. The van der Waals surface area contributed by atoms with Crippen LogP contribution in [0.1, 0.15) is 38.5 Å². The summed E-state index contributed by atoms with van der Waals surface area (Å²) in [6.07, 6.45) is -0.106. The van der Waals surface area contributed by atoms with E-state index in [1.54, 1.807) is 12.1 Å². The zero-order valence-corrected chi connectivity index (χ0v) is 15.0. The van der Waals surface area contributed by atoms with Crippen molar-refractivity contribution < 1.29 is 22.8 Å². The molecule has 2 aliphatic rings. The summed E-state index contributed by atoms with van der Waals surface area (Å²) in [6, 6.07) is 4.00. The van der Waals surface area contributed by atoms with Gasteiger partial charge in [-0.25, -0.2) is 0 Å². The highest BCUT2D eigenvalue weighted by molar-refractivity contribution is 8.00. The van der Waals surface area contributed by atoms with Crippen LogP contribution in [-0.2, 0) is 9.59 Å². The van der Waals surface area contributed by atoms with Crippen molar-refractivity contribution in [3.63, 3.8) is 0 Å². The number of benzene rings is 1. The van der Waals surface area contributed by atoms with Crippen LogP contribution in [0.15, 0.2) is 24.3 Å². The molecule has 1 saturated carbocycles. The summed E-state index contributed by atoms with van der Waals surface area (Å²) in [5, 5.41) is 2.79. The molecule has 0 bridgehead atoms. The number of anilines is 2. The summed E-state index contributed by atoms with van der Waals surface area (Å²) >= 11 is 1.43. The van der Waals surface area contributed by atoms with Gasteiger partial charge in [0.2, 0.25) is 11.8 Å². The quantitative estimate of drug-likeness (QED) is 0.840. The maximum Gasteiger partial charge on any atom is 0.409 e. The van der Waals surface area contributed by atoms with Crippen LogP contribution in [0.3, 0.4) is 0 Å². The van der Waals surface area contributed by atoms with Gasteiger partial charge in [0.15, 0.2) is 0 Å². The zero-order chi connectivity index (χ0) is 18.7. The Kier molecular flexibility index (Phi) is 5.79. The second kappa shape index (κ2) is 7.90. The van der Waals surface area contributed by atoms with Crippen molar-refractivity contribution in [2.75, 3.05) is 16.0 Å². The van der Waals surface area contributed by atoms with E-state index in [-0.39, 0.29) is 17.1 Å². The van der Waals surface area contributed by atoms with Crippen molar-refractivity contribution in [2.45, 2.75) is 56.0 Å². The Balaban J connectivity index is 1.86. The number of halogens is 3. The topological polar surface area (TPSA) is 49.4 Å². The van der Waals surface area contributed by atoms with Crippen LogP contribution >= 0.6 is 11.8 Å². The van der Waals surface area contributed by atoms with Gasteiger partial charge in [-0.1, -0.05) is 31.4 Å². The van der Waals surface area contributed by atoms with Gasteiger partial charge in [-0.3, -0.25) is 14.5 Å². The summed E-state index contributed by atoms with van der Waals surface area (Å²) in [5.41, 5.74) is 0.343. The van der Waals surface area contributed by atoms with Gasteiger partial charge in [-0.2, -0.15) is 13.2 Å². The molecule has 2 amide bonds. The molecular formula is C18H21F3N2O2S. The number of hydrogen-bond donors (Lipinski definition) is 1. The maximum absolute atomic E-state index is 13.6. The Morgan fingerprint density at radius 3 is 2.58 bits per heavy atom. The SMILES string of the molecule is O=C1C[C@H](C(F)(F)F)N(C(=O)CSC2CCCCC2)c2ccccc2N1. The van der Waals surface area contributed by atoms with E-state index in [4.69, 9.17) is 0 Å². The minimum Gasteiger partial charge on any atom is -0.324 e. The standard InChI is InChI=1S/C18H21F3N2O2S/c19-18(20,21)15-10-16(24)22-13-8-4-5-9-14(13)23(15)17(25)11-26-12-6-2-1-3-7-12/h4-5,8-9,12,15H,1-3,6-7,10-11H2,(H,22,24)/t15-/m1/s1.